The van der Waals surface area contributed by atoms with E-state index >= 15 is 0 Å². The molecule has 1 aliphatic rings. The lowest BCUT2D eigenvalue weighted by molar-refractivity contribution is -0.121. The van der Waals surface area contributed by atoms with E-state index in [1.165, 1.54) is 32.1 Å². The lowest BCUT2D eigenvalue weighted by atomic mass is 9.94. The minimum absolute atomic E-state index is 0.0513. The number of likely N-dealkylation sites (N-methyl/N-ethyl adjacent to an activating group) is 1. The SMILES string of the molecule is CN(CCNC(=O)Cn1ccc2cccc(-c3ccc(Cl)cc3)c21)C1CCCCC1. The Hall–Kier alpha value is -2.30. The molecule has 1 N–H and O–H groups in total. The van der Waals surface area contributed by atoms with Gasteiger partial charge in [-0.1, -0.05) is 61.2 Å². The van der Waals surface area contributed by atoms with Gasteiger partial charge < -0.3 is 14.8 Å². The van der Waals surface area contributed by atoms with Crippen LogP contribution in [0.25, 0.3) is 22.0 Å². The zero-order valence-electron chi connectivity index (χ0n) is 17.6. The van der Waals surface area contributed by atoms with Crippen molar-refractivity contribution in [2.24, 2.45) is 0 Å². The summed E-state index contributed by atoms with van der Waals surface area (Å²) in [7, 11) is 2.18. The molecule has 5 heteroatoms. The van der Waals surface area contributed by atoms with Crippen molar-refractivity contribution < 1.29 is 4.79 Å². The first-order valence-corrected chi connectivity index (χ1v) is 11.3. The number of hydrogen-bond donors (Lipinski definition) is 1. The number of amides is 1. The summed E-state index contributed by atoms with van der Waals surface area (Å²) >= 11 is 6.05. The van der Waals surface area contributed by atoms with Gasteiger partial charge in [0.1, 0.15) is 6.54 Å². The molecule has 1 saturated carbocycles. The van der Waals surface area contributed by atoms with Gasteiger partial charge in [-0.25, -0.2) is 0 Å². The highest BCUT2D eigenvalue weighted by atomic mass is 35.5. The average molecular weight is 424 g/mol. The Morgan fingerprint density at radius 1 is 1.10 bits per heavy atom. The van der Waals surface area contributed by atoms with Gasteiger partial charge in [0.25, 0.3) is 0 Å². The number of fused-ring (bicyclic) bond motifs is 1. The molecule has 1 fully saturated rings. The van der Waals surface area contributed by atoms with Gasteiger partial charge in [0.15, 0.2) is 0 Å². The highest BCUT2D eigenvalue weighted by Gasteiger charge is 2.17. The van der Waals surface area contributed by atoms with Crippen molar-refractivity contribution in [3.8, 4) is 11.1 Å². The lowest BCUT2D eigenvalue weighted by Gasteiger charge is -2.31. The smallest absolute Gasteiger partial charge is 0.239 e. The van der Waals surface area contributed by atoms with Gasteiger partial charge in [0, 0.05) is 41.3 Å². The van der Waals surface area contributed by atoms with E-state index in [4.69, 9.17) is 11.6 Å². The summed E-state index contributed by atoms with van der Waals surface area (Å²) in [5.74, 6) is 0.0513. The molecule has 0 spiro atoms. The van der Waals surface area contributed by atoms with Crippen LogP contribution < -0.4 is 5.32 Å². The van der Waals surface area contributed by atoms with Crippen LogP contribution in [-0.4, -0.2) is 41.6 Å². The molecule has 0 aliphatic heterocycles. The molecule has 0 atom stereocenters. The van der Waals surface area contributed by atoms with Crippen LogP contribution in [0.2, 0.25) is 5.02 Å². The Morgan fingerprint density at radius 2 is 1.87 bits per heavy atom. The number of para-hydroxylation sites is 1. The minimum Gasteiger partial charge on any atom is -0.353 e. The molecule has 3 aromatic rings. The molecule has 2 aromatic carbocycles. The van der Waals surface area contributed by atoms with Crippen molar-refractivity contribution in [2.75, 3.05) is 20.1 Å². The number of nitrogens with one attached hydrogen (secondary N) is 1. The second kappa shape index (κ2) is 9.67. The summed E-state index contributed by atoms with van der Waals surface area (Å²) in [6.07, 6.45) is 8.60. The van der Waals surface area contributed by atoms with Gasteiger partial charge in [-0.15, -0.1) is 0 Å². The molecule has 158 valence electrons. The van der Waals surface area contributed by atoms with Gasteiger partial charge >= 0.3 is 0 Å². The van der Waals surface area contributed by atoms with Crippen LogP contribution in [-0.2, 0) is 11.3 Å². The molecule has 1 amide bonds. The van der Waals surface area contributed by atoms with E-state index in [0.29, 0.717) is 19.1 Å². The fourth-order valence-corrected chi connectivity index (χ4v) is 4.67. The lowest BCUT2D eigenvalue weighted by Crippen LogP contribution is -2.40. The van der Waals surface area contributed by atoms with Crippen LogP contribution in [0, 0.1) is 0 Å². The van der Waals surface area contributed by atoms with Crippen molar-refractivity contribution in [3.05, 3.63) is 59.8 Å². The van der Waals surface area contributed by atoms with Crippen molar-refractivity contribution in [1.29, 1.82) is 0 Å². The Bertz CT molecular complexity index is 989. The first kappa shape index (κ1) is 21.0. The summed E-state index contributed by atoms with van der Waals surface area (Å²) in [6.45, 7) is 1.91. The maximum absolute atomic E-state index is 12.6. The van der Waals surface area contributed by atoms with Gasteiger partial charge in [0.2, 0.25) is 5.91 Å². The first-order chi connectivity index (χ1) is 14.6. The molecular weight excluding hydrogens is 394 g/mol. The maximum Gasteiger partial charge on any atom is 0.239 e. The van der Waals surface area contributed by atoms with Crippen LogP contribution in [0.3, 0.4) is 0 Å². The number of hydrogen-bond acceptors (Lipinski definition) is 2. The normalized spacial score (nSPS) is 15.0. The van der Waals surface area contributed by atoms with E-state index in [-0.39, 0.29) is 5.91 Å². The number of nitrogens with zero attached hydrogens (tertiary/aromatic N) is 2. The molecule has 4 nitrogen and oxygen atoms in total. The highest BCUT2D eigenvalue weighted by molar-refractivity contribution is 6.30. The van der Waals surface area contributed by atoms with Crippen LogP contribution >= 0.6 is 11.6 Å². The van der Waals surface area contributed by atoms with Crippen molar-refractivity contribution in [2.45, 2.75) is 44.7 Å². The number of carbonyl (C=O) groups excluding carboxylic acids is 1. The van der Waals surface area contributed by atoms with Gasteiger partial charge in [-0.05, 0) is 43.7 Å². The van der Waals surface area contributed by atoms with E-state index in [2.05, 4.69) is 41.5 Å². The molecule has 4 rings (SSSR count). The van der Waals surface area contributed by atoms with Gasteiger partial charge in [-0.3, -0.25) is 4.79 Å². The predicted octanol–water partition coefficient (Wildman–Crippen LogP) is 5.34. The number of aromatic nitrogens is 1. The predicted molar refractivity (Wildman–Crippen MR) is 125 cm³/mol. The summed E-state index contributed by atoms with van der Waals surface area (Å²) < 4.78 is 2.04. The molecule has 0 radical (unpaired) electrons. The monoisotopic (exact) mass is 423 g/mol. The fraction of sp³-hybridized carbons (Fsp3) is 0.400. The Morgan fingerprint density at radius 3 is 2.63 bits per heavy atom. The zero-order valence-corrected chi connectivity index (χ0v) is 18.4. The molecule has 30 heavy (non-hydrogen) atoms. The third kappa shape index (κ3) is 4.88. The van der Waals surface area contributed by atoms with Crippen LogP contribution in [0.15, 0.2) is 54.7 Å². The molecule has 0 unspecified atom stereocenters. The Kier molecular flexibility index (Phi) is 6.76. The summed E-state index contributed by atoms with van der Waals surface area (Å²) in [4.78, 5) is 15.0. The summed E-state index contributed by atoms with van der Waals surface area (Å²) in [5.41, 5.74) is 3.28. The highest BCUT2D eigenvalue weighted by Crippen LogP contribution is 2.30. The quantitative estimate of drug-likeness (QED) is 0.556. The molecule has 1 heterocycles. The zero-order chi connectivity index (χ0) is 20.9. The summed E-state index contributed by atoms with van der Waals surface area (Å²) in [6, 6.07) is 16.8. The van der Waals surface area contributed by atoms with Crippen LogP contribution in [0.1, 0.15) is 32.1 Å². The number of rotatable bonds is 7. The average Bonchev–Trinajstić information content (AvgIpc) is 3.18. The fourth-order valence-electron chi connectivity index (χ4n) is 4.54. The number of benzene rings is 2. The third-order valence-corrected chi connectivity index (χ3v) is 6.49. The molecule has 1 aromatic heterocycles. The maximum atomic E-state index is 12.6. The second-order valence-electron chi connectivity index (χ2n) is 8.32. The Balaban J connectivity index is 1.41. The summed E-state index contributed by atoms with van der Waals surface area (Å²) in [5, 5.41) is 4.96. The second-order valence-corrected chi connectivity index (χ2v) is 8.75. The number of carbonyl (C=O) groups is 1. The number of halogens is 1. The largest absolute Gasteiger partial charge is 0.353 e. The Labute approximate surface area is 183 Å². The molecule has 0 saturated heterocycles. The molecular formula is C25H30ClN3O. The van der Waals surface area contributed by atoms with E-state index in [0.717, 1.165) is 33.6 Å². The van der Waals surface area contributed by atoms with E-state index in [1.54, 1.807) is 0 Å². The van der Waals surface area contributed by atoms with Gasteiger partial charge in [-0.2, -0.15) is 0 Å². The van der Waals surface area contributed by atoms with Crippen molar-refractivity contribution in [3.63, 3.8) is 0 Å². The van der Waals surface area contributed by atoms with E-state index < -0.39 is 0 Å². The van der Waals surface area contributed by atoms with Crippen LogP contribution in [0.5, 0.6) is 0 Å². The van der Waals surface area contributed by atoms with Crippen molar-refractivity contribution >= 4 is 28.4 Å². The van der Waals surface area contributed by atoms with E-state index in [9.17, 15) is 4.79 Å². The van der Waals surface area contributed by atoms with Crippen molar-refractivity contribution in [1.82, 2.24) is 14.8 Å². The first-order valence-electron chi connectivity index (χ1n) is 10.9. The van der Waals surface area contributed by atoms with E-state index in [1.807, 2.05) is 35.0 Å². The molecule has 1 aliphatic carbocycles. The topological polar surface area (TPSA) is 37.3 Å². The standard InChI is InChI=1S/C25H30ClN3O/c1-28(22-7-3-2-4-8-22)17-15-27-24(30)18-29-16-14-20-6-5-9-23(25(20)29)19-10-12-21(26)13-11-19/h5-6,9-14,16,22H,2-4,7-8,15,17-18H2,1H3,(H,27,30). The molecule has 0 bridgehead atoms. The third-order valence-electron chi connectivity index (χ3n) is 6.24. The van der Waals surface area contributed by atoms with Gasteiger partial charge in [0.05, 0.1) is 5.52 Å². The van der Waals surface area contributed by atoms with Crippen LogP contribution in [0.4, 0.5) is 0 Å². The minimum atomic E-state index is 0.0513.